The van der Waals surface area contributed by atoms with Crippen molar-refractivity contribution >= 4 is 33.6 Å². The SMILES string of the molecule is Cc1cc(C(=O)O)c(Cl)c(C=NO)c1S(C)(=O)=O. The normalized spacial score (nSPS) is 11.9. The van der Waals surface area contributed by atoms with Gasteiger partial charge in [0.05, 0.1) is 21.7 Å². The maximum Gasteiger partial charge on any atom is 0.337 e. The average molecular weight is 292 g/mol. The number of carboxylic acids is 1. The van der Waals surface area contributed by atoms with Crippen LogP contribution in [0.15, 0.2) is 16.1 Å². The van der Waals surface area contributed by atoms with E-state index in [9.17, 15) is 13.2 Å². The van der Waals surface area contributed by atoms with Crippen LogP contribution >= 0.6 is 11.6 Å². The first-order chi connectivity index (χ1) is 8.20. The molecule has 0 aromatic heterocycles. The summed E-state index contributed by atoms with van der Waals surface area (Å²) in [6, 6.07) is 1.16. The molecule has 1 aromatic carbocycles. The van der Waals surface area contributed by atoms with E-state index in [4.69, 9.17) is 21.9 Å². The van der Waals surface area contributed by atoms with Crippen LogP contribution < -0.4 is 0 Å². The molecule has 0 aliphatic carbocycles. The molecule has 0 unspecified atom stereocenters. The van der Waals surface area contributed by atoms with Gasteiger partial charge in [-0.3, -0.25) is 0 Å². The van der Waals surface area contributed by atoms with Crippen molar-refractivity contribution in [2.45, 2.75) is 11.8 Å². The zero-order valence-electron chi connectivity index (χ0n) is 9.51. The van der Waals surface area contributed by atoms with Crippen LogP contribution in [-0.2, 0) is 9.84 Å². The second-order valence-electron chi connectivity index (χ2n) is 3.62. The van der Waals surface area contributed by atoms with Gasteiger partial charge in [-0.2, -0.15) is 0 Å². The summed E-state index contributed by atoms with van der Waals surface area (Å²) in [5.41, 5.74) is -0.176. The van der Waals surface area contributed by atoms with E-state index in [0.717, 1.165) is 18.5 Å². The number of nitrogens with zero attached hydrogens (tertiary/aromatic N) is 1. The third-order valence-electron chi connectivity index (χ3n) is 2.22. The van der Waals surface area contributed by atoms with E-state index >= 15 is 0 Å². The Morgan fingerprint density at radius 1 is 1.50 bits per heavy atom. The van der Waals surface area contributed by atoms with Gasteiger partial charge in [-0.25, -0.2) is 13.2 Å². The molecular formula is C10H10ClNO5S. The van der Waals surface area contributed by atoms with E-state index < -0.39 is 15.8 Å². The van der Waals surface area contributed by atoms with Crippen LogP contribution in [0.25, 0.3) is 0 Å². The lowest BCUT2D eigenvalue weighted by Gasteiger charge is -2.11. The maximum absolute atomic E-state index is 11.6. The number of rotatable bonds is 3. The molecule has 6 nitrogen and oxygen atoms in total. The van der Waals surface area contributed by atoms with E-state index in [1.54, 1.807) is 0 Å². The fourth-order valence-electron chi connectivity index (χ4n) is 1.62. The number of aryl methyl sites for hydroxylation is 1. The van der Waals surface area contributed by atoms with Crippen molar-refractivity contribution in [1.82, 2.24) is 0 Å². The van der Waals surface area contributed by atoms with Crippen molar-refractivity contribution in [3.8, 4) is 0 Å². The van der Waals surface area contributed by atoms with E-state index in [1.165, 1.54) is 6.92 Å². The van der Waals surface area contributed by atoms with Crippen LogP contribution in [0, 0.1) is 6.92 Å². The van der Waals surface area contributed by atoms with Gasteiger partial charge in [-0.1, -0.05) is 16.8 Å². The van der Waals surface area contributed by atoms with Crippen LogP contribution in [0.1, 0.15) is 21.5 Å². The molecule has 0 heterocycles. The summed E-state index contributed by atoms with van der Waals surface area (Å²) in [5, 5.41) is 19.9. The van der Waals surface area contributed by atoms with Gasteiger partial charge in [0.1, 0.15) is 0 Å². The second kappa shape index (κ2) is 4.95. The highest BCUT2D eigenvalue weighted by atomic mass is 35.5. The standard InChI is InChI=1S/C10H10ClNO5S/c1-5-3-6(10(13)14)8(11)7(4-12-15)9(5)18(2,16)17/h3-4,15H,1-2H3,(H,13,14). The molecule has 0 radical (unpaired) electrons. The highest BCUT2D eigenvalue weighted by Gasteiger charge is 2.23. The van der Waals surface area contributed by atoms with E-state index in [2.05, 4.69) is 5.16 Å². The number of sulfone groups is 1. The van der Waals surface area contributed by atoms with Crippen molar-refractivity contribution in [2.75, 3.05) is 6.26 Å². The predicted octanol–water partition coefficient (Wildman–Crippen LogP) is 1.56. The lowest BCUT2D eigenvalue weighted by Crippen LogP contribution is -2.10. The van der Waals surface area contributed by atoms with Crippen LogP contribution in [-0.4, -0.2) is 37.2 Å². The minimum Gasteiger partial charge on any atom is -0.478 e. The summed E-state index contributed by atoms with van der Waals surface area (Å²) < 4.78 is 23.3. The number of hydrogen-bond acceptors (Lipinski definition) is 5. The largest absolute Gasteiger partial charge is 0.478 e. The van der Waals surface area contributed by atoms with Gasteiger partial charge < -0.3 is 10.3 Å². The molecular weight excluding hydrogens is 282 g/mol. The zero-order valence-corrected chi connectivity index (χ0v) is 11.1. The summed E-state index contributed by atoms with van der Waals surface area (Å²) in [4.78, 5) is 10.8. The molecule has 1 rings (SSSR count). The van der Waals surface area contributed by atoms with Crippen LogP contribution in [0.2, 0.25) is 5.02 Å². The molecule has 0 atom stereocenters. The Kier molecular flexibility index (Phi) is 3.98. The first-order valence-corrected chi connectivity index (χ1v) is 6.91. The first kappa shape index (κ1) is 14.5. The number of halogens is 1. The Balaban J connectivity index is 3.86. The lowest BCUT2D eigenvalue weighted by atomic mass is 10.1. The molecule has 0 bridgehead atoms. The van der Waals surface area contributed by atoms with Gasteiger partial charge in [0.25, 0.3) is 0 Å². The Morgan fingerprint density at radius 2 is 2.06 bits per heavy atom. The van der Waals surface area contributed by atoms with E-state index in [-0.39, 0.29) is 26.6 Å². The average Bonchev–Trinajstić information content (AvgIpc) is 2.20. The molecule has 0 saturated heterocycles. The van der Waals surface area contributed by atoms with Crippen LogP contribution in [0.5, 0.6) is 0 Å². The van der Waals surface area contributed by atoms with Gasteiger partial charge in [0, 0.05) is 11.8 Å². The van der Waals surface area contributed by atoms with Crippen molar-refractivity contribution in [2.24, 2.45) is 5.16 Å². The molecule has 0 spiro atoms. The van der Waals surface area contributed by atoms with E-state index in [0.29, 0.717) is 0 Å². The minimum absolute atomic E-state index is 0.140. The Hall–Kier alpha value is -1.60. The minimum atomic E-state index is -3.63. The molecule has 2 N–H and O–H groups in total. The second-order valence-corrected chi connectivity index (χ2v) is 5.95. The number of carbonyl (C=O) groups is 1. The van der Waals surface area contributed by atoms with E-state index in [1.807, 2.05) is 0 Å². The van der Waals surface area contributed by atoms with Crippen molar-refractivity contribution in [3.63, 3.8) is 0 Å². The molecule has 0 fully saturated rings. The summed E-state index contributed by atoms with van der Waals surface area (Å²) in [5.74, 6) is -1.30. The van der Waals surface area contributed by atoms with Gasteiger partial charge in [-0.05, 0) is 18.6 Å². The molecule has 0 amide bonds. The summed E-state index contributed by atoms with van der Waals surface area (Å²) in [6.45, 7) is 1.44. The number of oxime groups is 1. The summed E-state index contributed by atoms with van der Waals surface area (Å²) in [6.07, 6.45) is 1.76. The summed E-state index contributed by atoms with van der Waals surface area (Å²) >= 11 is 5.82. The van der Waals surface area contributed by atoms with Gasteiger partial charge in [0.15, 0.2) is 9.84 Å². The maximum atomic E-state index is 11.6. The van der Waals surface area contributed by atoms with Crippen molar-refractivity contribution < 1.29 is 23.5 Å². The smallest absolute Gasteiger partial charge is 0.337 e. The van der Waals surface area contributed by atoms with Crippen LogP contribution in [0.4, 0.5) is 0 Å². The zero-order chi connectivity index (χ0) is 14.1. The molecule has 0 aliphatic heterocycles. The number of carboxylic acid groups (broad SMARTS) is 1. The van der Waals surface area contributed by atoms with Gasteiger partial charge in [0.2, 0.25) is 0 Å². The van der Waals surface area contributed by atoms with Crippen molar-refractivity contribution in [3.05, 3.63) is 27.8 Å². The number of benzene rings is 1. The fraction of sp³-hybridized carbons (Fsp3) is 0.200. The Labute approximate surface area is 108 Å². The fourth-order valence-corrected chi connectivity index (χ4v) is 3.16. The molecule has 18 heavy (non-hydrogen) atoms. The van der Waals surface area contributed by atoms with Crippen LogP contribution in [0.3, 0.4) is 0 Å². The third kappa shape index (κ3) is 2.62. The Morgan fingerprint density at radius 3 is 2.44 bits per heavy atom. The Bertz CT molecular complexity index is 636. The van der Waals surface area contributed by atoms with Gasteiger partial charge >= 0.3 is 5.97 Å². The molecule has 0 saturated carbocycles. The van der Waals surface area contributed by atoms with Crippen molar-refractivity contribution in [1.29, 1.82) is 0 Å². The monoisotopic (exact) mass is 291 g/mol. The quantitative estimate of drug-likeness (QED) is 0.499. The molecule has 1 aromatic rings. The third-order valence-corrected chi connectivity index (χ3v) is 3.92. The summed E-state index contributed by atoms with van der Waals surface area (Å²) in [7, 11) is -3.63. The number of aromatic carboxylic acids is 1. The highest BCUT2D eigenvalue weighted by molar-refractivity contribution is 7.90. The molecule has 8 heteroatoms. The lowest BCUT2D eigenvalue weighted by molar-refractivity contribution is 0.0697. The number of hydrogen-bond donors (Lipinski definition) is 2. The first-order valence-electron chi connectivity index (χ1n) is 4.64. The molecule has 0 aliphatic rings. The van der Waals surface area contributed by atoms with Gasteiger partial charge in [-0.15, -0.1) is 0 Å². The highest BCUT2D eigenvalue weighted by Crippen LogP contribution is 2.29. The predicted molar refractivity (Wildman–Crippen MR) is 65.6 cm³/mol. The molecule has 98 valence electrons. The topological polar surface area (TPSA) is 104 Å².